The second-order valence-corrected chi connectivity index (χ2v) is 4.11. The van der Waals surface area contributed by atoms with E-state index >= 15 is 0 Å². The molecule has 0 aliphatic carbocycles. The van der Waals surface area contributed by atoms with Crippen molar-refractivity contribution in [3.05, 3.63) is 29.8 Å². The first-order chi connectivity index (χ1) is 8.49. The predicted molar refractivity (Wildman–Crippen MR) is 63.2 cm³/mol. The van der Waals surface area contributed by atoms with Crippen LogP contribution in [0.2, 0.25) is 0 Å². The first kappa shape index (κ1) is 12.1. The summed E-state index contributed by atoms with van der Waals surface area (Å²) in [6.07, 6.45) is -0.410. The minimum absolute atomic E-state index is 0.410. The molecule has 6 nitrogen and oxygen atoms in total. The van der Waals surface area contributed by atoms with Crippen LogP contribution in [0.15, 0.2) is 24.3 Å². The van der Waals surface area contributed by atoms with Crippen molar-refractivity contribution in [3.63, 3.8) is 0 Å². The Morgan fingerprint density at radius 2 is 2.17 bits per heavy atom. The normalized spacial score (nSPS) is 18.9. The molecule has 1 saturated heterocycles. The van der Waals surface area contributed by atoms with Crippen LogP contribution >= 0.6 is 0 Å². The maximum atomic E-state index is 11.9. The number of hydrogen-bond donors (Lipinski definition) is 2. The average Bonchev–Trinajstić information content (AvgIpc) is 2.53. The molecule has 0 saturated carbocycles. The van der Waals surface area contributed by atoms with Crippen LogP contribution in [0.3, 0.4) is 0 Å². The van der Waals surface area contributed by atoms with Crippen LogP contribution in [0.5, 0.6) is 0 Å². The molecule has 1 heterocycles. The summed E-state index contributed by atoms with van der Waals surface area (Å²) >= 11 is 0. The van der Waals surface area contributed by atoms with E-state index in [4.69, 9.17) is 5.11 Å². The van der Waals surface area contributed by atoms with E-state index in [0.29, 0.717) is 5.69 Å². The number of aliphatic carboxylic acids is 1. The van der Waals surface area contributed by atoms with Gasteiger partial charge >= 0.3 is 12.0 Å². The van der Waals surface area contributed by atoms with Crippen LogP contribution < -0.4 is 10.2 Å². The van der Waals surface area contributed by atoms with Gasteiger partial charge in [-0.2, -0.15) is 0 Å². The third-order valence-corrected chi connectivity index (χ3v) is 2.66. The quantitative estimate of drug-likeness (QED) is 0.778. The lowest BCUT2D eigenvalue weighted by Crippen LogP contribution is -2.32. The van der Waals surface area contributed by atoms with Crippen molar-refractivity contribution in [1.29, 1.82) is 0 Å². The number of carboxylic acid groups (broad SMARTS) is 1. The smallest absolute Gasteiger partial charge is 0.329 e. The number of carbonyl (C=O) groups excluding carboxylic acids is 2. The van der Waals surface area contributed by atoms with Crippen LogP contribution in [0.25, 0.3) is 0 Å². The number of anilines is 1. The lowest BCUT2D eigenvalue weighted by atomic mass is 10.2. The minimum atomic E-state index is -1.13. The lowest BCUT2D eigenvalue weighted by Gasteiger charge is -2.13. The summed E-state index contributed by atoms with van der Waals surface area (Å²) in [6.45, 7) is 1.84. The zero-order valence-corrected chi connectivity index (χ0v) is 9.71. The van der Waals surface area contributed by atoms with Crippen molar-refractivity contribution in [1.82, 2.24) is 5.32 Å². The second-order valence-electron chi connectivity index (χ2n) is 4.11. The summed E-state index contributed by atoms with van der Waals surface area (Å²) < 4.78 is 0. The van der Waals surface area contributed by atoms with Crippen molar-refractivity contribution in [2.75, 3.05) is 4.90 Å². The van der Waals surface area contributed by atoms with Gasteiger partial charge in [-0.05, 0) is 24.6 Å². The summed E-state index contributed by atoms with van der Waals surface area (Å²) in [6, 6.07) is 5.33. The number of benzene rings is 1. The third kappa shape index (κ3) is 2.17. The highest BCUT2D eigenvalue weighted by atomic mass is 16.4. The van der Waals surface area contributed by atoms with Gasteiger partial charge < -0.3 is 10.4 Å². The van der Waals surface area contributed by atoms with Gasteiger partial charge in [0.2, 0.25) is 0 Å². The Kier molecular flexibility index (Phi) is 3.01. The predicted octanol–water partition coefficient (Wildman–Crippen LogP) is 0.895. The molecule has 1 aliphatic heterocycles. The Labute approximate surface area is 103 Å². The monoisotopic (exact) mass is 248 g/mol. The Hall–Kier alpha value is -2.37. The molecule has 0 radical (unpaired) electrons. The molecule has 1 fully saturated rings. The number of amides is 3. The van der Waals surface area contributed by atoms with Gasteiger partial charge in [0.1, 0.15) is 6.04 Å². The van der Waals surface area contributed by atoms with Crippen LogP contribution in [0, 0.1) is 6.92 Å². The minimum Gasteiger partial charge on any atom is -0.481 e. The number of imide groups is 1. The highest BCUT2D eigenvalue weighted by Gasteiger charge is 2.39. The van der Waals surface area contributed by atoms with Crippen LogP contribution in [0.1, 0.15) is 12.0 Å². The van der Waals surface area contributed by atoms with Gasteiger partial charge in [-0.15, -0.1) is 0 Å². The molecule has 1 atom stereocenters. The molecule has 2 N–H and O–H groups in total. The molecule has 3 amide bonds. The number of aryl methyl sites for hydroxylation is 1. The van der Waals surface area contributed by atoms with Gasteiger partial charge in [0, 0.05) is 0 Å². The van der Waals surface area contributed by atoms with Crippen LogP contribution in [-0.4, -0.2) is 29.1 Å². The van der Waals surface area contributed by atoms with E-state index in [0.717, 1.165) is 10.5 Å². The van der Waals surface area contributed by atoms with E-state index in [-0.39, 0.29) is 0 Å². The summed E-state index contributed by atoms with van der Waals surface area (Å²) in [5.41, 5.74) is 1.36. The van der Waals surface area contributed by atoms with Crippen molar-refractivity contribution in [2.24, 2.45) is 0 Å². The Morgan fingerprint density at radius 3 is 2.78 bits per heavy atom. The zero-order chi connectivity index (χ0) is 13.3. The van der Waals surface area contributed by atoms with E-state index < -0.39 is 30.4 Å². The fraction of sp³-hybridized carbons (Fsp3) is 0.250. The highest BCUT2D eigenvalue weighted by molar-refractivity contribution is 6.21. The van der Waals surface area contributed by atoms with Gasteiger partial charge in [-0.25, -0.2) is 9.69 Å². The van der Waals surface area contributed by atoms with Gasteiger partial charge in [0.25, 0.3) is 5.91 Å². The highest BCUT2D eigenvalue weighted by Crippen LogP contribution is 2.21. The molecule has 94 valence electrons. The maximum absolute atomic E-state index is 11.9. The van der Waals surface area contributed by atoms with Gasteiger partial charge in [0.15, 0.2) is 0 Å². The van der Waals surface area contributed by atoms with Gasteiger partial charge in [-0.1, -0.05) is 12.1 Å². The molecule has 6 heteroatoms. The van der Waals surface area contributed by atoms with Crippen molar-refractivity contribution in [3.8, 4) is 0 Å². The number of rotatable bonds is 3. The molecule has 0 bridgehead atoms. The van der Waals surface area contributed by atoms with Crippen LogP contribution in [0.4, 0.5) is 10.5 Å². The number of nitrogens with zero attached hydrogens (tertiary/aromatic N) is 1. The Bertz CT molecular complexity index is 527. The number of hydrogen-bond acceptors (Lipinski definition) is 3. The van der Waals surface area contributed by atoms with Gasteiger partial charge in [0.05, 0.1) is 12.1 Å². The molecular formula is C12H12N2O4. The molecule has 1 aliphatic rings. The summed E-state index contributed by atoms with van der Waals surface area (Å²) in [7, 11) is 0. The zero-order valence-electron chi connectivity index (χ0n) is 9.71. The number of carbonyl (C=O) groups is 3. The van der Waals surface area contributed by atoms with Gasteiger partial charge in [-0.3, -0.25) is 9.59 Å². The Balaban J connectivity index is 2.27. The van der Waals surface area contributed by atoms with E-state index in [1.54, 1.807) is 18.2 Å². The molecule has 1 aromatic rings. The number of nitrogens with one attached hydrogen (secondary N) is 1. The number of carboxylic acids is 1. The fourth-order valence-corrected chi connectivity index (χ4v) is 1.86. The largest absolute Gasteiger partial charge is 0.481 e. The van der Waals surface area contributed by atoms with E-state index in [1.165, 1.54) is 0 Å². The summed E-state index contributed by atoms with van der Waals surface area (Å²) in [5, 5.41) is 11.0. The Morgan fingerprint density at radius 1 is 1.44 bits per heavy atom. The topological polar surface area (TPSA) is 86.7 Å². The third-order valence-electron chi connectivity index (χ3n) is 2.66. The SMILES string of the molecule is Cc1cccc(N2C(=O)N[C@@H](CC(=O)O)C2=O)c1. The van der Waals surface area contributed by atoms with Crippen molar-refractivity contribution >= 4 is 23.6 Å². The maximum Gasteiger partial charge on any atom is 0.329 e. The van der Waals surface area contributed by atoms with Crippen LogP contribution in [-0.2, 0) is 9.59 Å². The molecule has 18 heavy (non-hydrogen) atoms. The van der Waals surface area contributed by atoms with E-state index in [2.05, 4.69) is 5.32 Å². The molecule has 0 spiro atoms. The summed E-state index contributed by atoms with van der Waals surface area (Å²) in [5.74, 6) is -1.66. The van der Waals surface area contributed by atoms with Crippen molar-refractivity contribution in [2.45, 2.75) is 19.4 Å². The standard InChI is InChI=1S/C12H12N2O4/c1-7-3-2-4-8(5-7)14-11(17)9(6-10(15)16)13-12(14)18/h2-5,9H,6H2,1H3,(H,13,18)(H,15,16)/t9-/m0/s1. The second kappa shape index (κ2) is 4.48. The lowest BCUT2D eigenvalue weighted by molar-refractivity contribution is -0.139. The molecule has 1 aromatic carbocycles. The molecular weight excluding hydrogens is 236 g/mol. The summed E-state index contributed by atoms with van der Waals surface area (Å²) in [4.78, 5) is 35.2. The van der Waals surface area contributed by atoms with Crippen molar-refractivity contribution < 1.29 is 19.5 Å². The molecule has 2 rings (SSSR count). The molecule has 0 aromatic heterocycles. The average molecular weight is 248 g/mol. The number of urea groups is 1. The van der Waals surface area contributed by atoms with E-state index in [9.17, 15) is 14.4 Å². The first-order valence-corrected chi connectivity index (χ1v) is 5.42. The fourth-order valence-electron chi connectivity index (χ4n) is 1.86. The first-order valence-electron chi connectivity index (χ1n) is 5.42. The van der Waals surface area contributed by atoms with E-state index in [1.807, 2.05) is 13.0 Å². The molecule has 0 unspecified atom stereocenters.